The van der Waals surface area contributed by atoms with Gasteiger partial charge >= 0.3 is 5.97 Å². The maximum absolute atomic E-state index is 12.6. The van der Waals surface area contributed by atoms with Gasteiger partial charge in [0.2, 0.25) is 0 Å². The lowest BCUT2D eigenvalue weighted by Gasteiger charge is -2.56. The molecular formula is C26H32O3. The number of ether oxygens (including phenoxy) is 1. The van der Waals surface area contributed by atoms with Gasteiger partial charge in [-0.05, 0) is 80.2 Å². The van der Waals surface area contributed by atoms with Crippen LogP contribution in [0.25, 0.3) is 0 Å². The van der Waals surface area contributed by atoms with Crippen molar-refractivity contribution in [2.75, 3.05) is 0 Å². The molecule has 3 fully saturated rings. The van der Waals surface area contributed by atoms with Crippen LogP contribution >= 0.6 is 0 Å². The summed E-state index contributed by atoms with van der Waals surface area (Å²) in [6, 6.07) is 9.34. The molecule has 154 valence electrons. The van der Waals surface area contributed by atoms with Gasteiger partial charge in [0, 0.05) is 11.8 Å². The third-order valence-corrected chi connectivity index (χ3v) is 8.97. The highest BCUT2D eigenvalue weighted by Crippen LogP contribution is 2.63. The molecule has 0 spiro atoms. The number of carbonyl (C=O) groups excluding carboxylic acids is 2. The number of allylic oxidation sites excluding steroid dienone is 2. The van der Waals surface area contributed by atoms with E-state index >= 15 is 0 Å². The smallest absolute Gasteiger partial charge is 0.338 e. The van der Waals surface area contributed by atoms with E-state index in [1.54, 1.807) is 5.57 Å². The quantitative estimate of drug-likeness (QED) is 0.476. The van der Waals surface area contributed by atoms with E-state index in [1.807, 2.05) is 30.3 Å². The Morgan fingerprint density at radius 1 is 1.03 bits per heavy atom. The summed E-state index contributed by atoms with van der Waals surface area (Å²) in [7, 11) is 0. The zero-order chi connectivity index (χ0) is 20.2. The first kappa shape index (κ1) is 19.1. The molecule has 1 aromatic carbocycles. The monoisotopic (exact) mass is 392 g/mol. The molecule has 3 saturated carbocycles. The van der Waals surface area contributed by atoms with Crippen molar-refractivity contribution in [1.82, 2.24) is 0 Å². The topological polar surface area (TPSA) is 43.4 Å². The fourth-order valence-corrected chi connectivity index (χ4v) is 7.17. The molecular weight excluding hydrogens is 360 g/mol. The van der Waals surface area contributed by atoms with Crippen molar-refractivity contribution in [3.8, 4) is 0 Å². The van der Waals surface area contributed by atoms with E-state index in [0.29, 0.717) is 29.1 Å². The van der Waals surface area contributed by atoms with Crippen LogP contribution in [-0.4, -0.2) is 17.9 Å². The van der Waals surface area contributed by atoms with Crippen molar-refractivity contribution < 1.29 is 14.3 Å². The van der Waals surface area contributed by atoms with E-state index in [4.69, 9.17) is 4.74 Å². The largest absolute Gasteiger partial charge is 0.459 e. The highest BCUT2D eigenvalue weighted by molar-refractivity contribution is 5.89. The van der Waals surface area contributed by atoms with Gasteiger partial charge in [-0.1, -0.05) is 43.7 Å². The van der Waals surface area contributed by atoms with Crippen LogP contribution in [0.4, 0.5) is 0 Å². The van der Waals surface area contributed by atoms with Crippen LogP contribution in [0, 0.1) is 28.6 Å². The molecule has 0 radical (unpaired) electrons. The molecule has 0 amide bonds. The molecule has 0 unspecified atom stereocenters. The second-order valence-electron chi connectivity index (χ2n) is 10.3. The van der Waals surface area contributed by atoms with E-state index < -0.39 is 0 Å². The zero-order valence-electron chi connectivity index (χ0n) is 17.7. The highest BCUT2D eigenvalue weighted by atomic mass is 16.5. The Hall–Kier alpha value is -1.90. The average molecular weight is 393 g/mol. The summed E-state index contributed by atoms with van der Waals surface area (Å²) in [5.41, 5.74) is 2.38. The van der Waals surface area contributed by atoms with Crippen LogP contribution in [0.5, 0.6) is 0 Å². The first-order valence-electron chi connectivity index (χ1n) is 11.4. The maximum Gasteiger partial charge on any atom is 0.338 e. The Bertz CT molecular complexity index is 856. The summed E-state index contributed by atoms with van der Waals surface area (Å²) in [6.45, 7) is 4.67. The molecule has 0 heterocycles. The number of hydrogen-bond donors (Lipinski definition) is 0. The first-order chi connectivity index (χ1) is 13.9. The Balaban J connectivity index is 1.32. The van der Waals surface area contributed by atoms with Crippen molar-refractivity contribution in [3.63, 3.8) is 0 Å². The molecule has 0 N–H and O–H groups in total. The SMILES string of the molecule is C[C@]12CC[C@@H](OC(=O)c3ccccc3)C[C@H]1CC[C@@H]1C2=CC[C@]2(C)C(=O)CC[C@@H]12. The fourth-order valence-electron chi connectivity index (χ4n) is 7.17. The number of hydrogen-bond acceptors (Lipinski definition) is 3. The van der Waals surface area contributed by atoms with E-state index in [0.717, 1.165) is 38.5 Å². The molecule has 0 bridgehead atoms. The van der Waals surface area contributed by atoms with Gasteiger partial charge in [0.15, 0.2) is 0 Å². The lowest BCUT2D eigenvalue weighted by Crippen LogP contribution is -2.49. The summed E-state index contributed by atoms with van der Waals surface area (Å²) in [5.74, 6) is 2.01. The number of ketones is 1. The Kier molecular flexibility index (Phi) is 4.49. The van der Waals surface area contributed by atoms with Crippen molar-refractivity contribution in [3.05, 3.63) is 47.5 Å². The molecule has 3 heteroatoms. The number of fused-ring (bicyclic) bond motifs is 5. The van der Waals surface area contributed by atoms with E-state index in [2.05, 4.69) is 19.9 Å². The molecule has 0 aromatic heterocycles. The van der Waals surface area contributed by atoms with Gasteiger partial charge in [0.05, 0.1) is 5.56 Å². The fraction of sp³-hybridized carbons (Fsp3) is 0.615. The van der Waals surface area contributed by atoms with Gasteiger partial charge in [-0.2, -0.15) is 0 Å². The molecule has 0 saturated heterocycles. The minimum atomic E-state index is -0.190. The first-order valence-corrected chi connectivity index (χ1v) is 11.4. The summed E-state index contributed by atoms with van der Waals surface area (Å²) >= 11 is 0. The lowest BCUT2D eigenvalue weighted by atomic mass is 9.49. The van der Waals surface area contributed by atoms with Crippen molar-refractivity contribution >= 4 is 11.8 Å². The van der Waals surface area contributed by atoms with Crippen molar-refractivity contribution in [1.29, 1.82) is 0 Å². The van der Waals surface area contributed by atoms with E-state index in [-0.39, 0.29) is 22.9 Å². The summed E-state index contributed by atoms with van der Waals surface area (Å²) in [5, 5.41) is 0. The lowest BCUT2D eigenvalue weighted by molar-refractivity contribution is -0.127. The van der Waals surface area contributed by atoms with Crippen LogP contribution in [0.2, 0.25) is 0 Å². The second kappa shape index (κ2) is 6.82. The van der Waals surface area contributed by atoms with Gasteiger partial charge in [-0.25, -0.2) is 4.79 Å². The number of rotatable bonds is 2. The van der Waals surface area contributed by atoms with Gasteiger partial charge < -0.3 is 4.74 Å². The van der Waals surface area contributed by atoms with Crippen LogP contribution in [0.15, 0.2) is 42.0 Å². The minimum Gasteiger partial charge on any atom is -0.459 e. The van der Waals surface area contributed by atoms with Gasteiger partial charge in [0.1, 0.15) is 11.9 Å². The molecule has 4 aliphatic carbocycles. The van der Waals surface area contributed by atoms with Gasteiger partial charge in [-0.3, -0.25) is 4.79 Å². The number of carbonyl (C=O) groups is 2. The van der Waals surface area contributed by atoms with Crippen molar-refractivity contribution in [2.45, 2.75) is 71.3 Å². The van der Waals surface area contributed by atoms with E-state index in [9.17, 15) is 9.59 Å². The Labute approximate surface area is 173 Å². The third kappa shape index (κ3) is 2.92. The van der Waals surface area contributed by atoms with Crippen LogP contribution < -0.4 is 0 Å². The normalized spacial score (nSPS) is 41.0. The second-order valence-corrected chi connectivity index (χ2v) is 10.3. The van der Waals surface area contributed by atoms with Gasteiger partial charge in [0.25, 0.3) is 0 Å². The number of benzene rings is 1. The molecule has 5 rings (SSSR count). The van der Waals surface area contributed by atoms with Crippen LogP contribution in [-0.2, 0) is 9.53 Å². The van der Waals surface area contributed by atoms with Crippen LogP contribution in [0.1, 0.15) is 75.6 Å². The summed E-state index contributed by atoms with van der Waals surface area (Å²) in [6.07, 6.45) is 10.6. The zero-order valence-corrected chi connectivity index (χ0v) is 17.7. The van der Waals surface area contributed by atoms with Crippen molar-refractivity contribution in [2.24, 2.45) is 28.6 Å². The van der Waals surface area contributed by atoms with E-state index in [1.165, 1.54) is 12.8 Å². The predicted octanol–water partition coefficient (Wildman–Crippen LogP) is 5.74. The highest BCUT2D eigenvalue weighted by Gasteiger charge is 2.57. The molecule has 4 aliphatic rings. The minimum absolute atomic E-state index is 0.0276. The molecule has 1 aromatic rings. The average Bonchev–Trinajstić information content (AvgIpc) is 3.03. The third-order valence-electron chi connectivity index (χ3n) is 8.97. The number of Topliss-reactive ketones (excluding diaryl/α,β-unsaturated/α-hetero) is 1. The Morgan fingerprint density at radius 2 is 1.83 bits per heavy atom. The summed E-state index contributed by atoms with van der Waals surface area (Å²) < 4.78 is 5.90. The molecule has 3 nitrogen and oxygen atoms in total. The van der Waals surface area contributed by atoms with Gasteiger partial charge in [-0.15, -0.1) is 0 Å². The number of esters is 1. The summed E-state index contributed by atoms with van der Waals surface area (Å²) in [4.78, 5) is 25.1. The standard InChI is InChI=1S/C26H32O3/c1-25-14-12-19(29-24(28)17-6-4-3-5-7-17)16-18(25)8-9-20-21-10-11-23(27)26(21,2)15-13-22(20)25/h3-7,13,18-21H,8-12,14-16H2,1-2H3/t18-,19-,20+,21+,25+,26+/m1/s1. The predicted molar refractivity (Wildman–Crippen MR) is 112 cm³/mol. The molecule has 6 atom stereocenters. The maximum atomic E-state index is 12.6. The van der Waals surface area contributed by atoms with Crippen LogP contribution in [0.3, 0.4) is 0 Å². The Morgan fingerprint density at radius 3 is 2.62 bits per heavy atom. The molecule has 29 heavy (non-hydrogen) atoms. The molecule has 0 aliphatic heterocycles.